The van der Waals surface area contributed by atoms with Gasteiger partial charge in [-0.15, -0.1) is 12.4 Å². The second-order valence-electron chi connectivity index (χ2n) is 4.50. The molecule has 0 amide bonds. The van der Waals surface area contributed by atoms with E-state index in [1.54, 1.807) is 0 Å². The van der Waals surface area contributed by atoms with Crippen molar-refractivity contribution in [1.29, 1.82) is 0 Å². The van der Waals surface area contributed by atoms with Crippen molar-refractivity contribution in [2.24, 2.45) is 5.92 Å². The Balaban J connectivity index is 0.00000256. The molecule has 1 aliphatic rings. The minimum Gasteiger partial charge on any atom is -0.469 e. The topological polar surface area (TPSA) is 41.6 Å². The predicted molar refractivity (Wildman–Crippen MR) is 71.6 cm³/mol. The van der Waals surface area contributed by atoms with Crippen LogP contribution in [0.2, 0.25) is 0 Å². The molecule has 1 saturated heterocycles. The first-order valence-corrected chi connectivity index (χ1v) is 6.20. The second kappa shape index (κ2) is 9.68. The Labute approximate surface area is 110 Å². The summed E-state index contributed by atoms with van der Waals surface area (Å²) in [6.07, 6.45) is 4.34. The highest BCUT2D eigenvalue weighted by atomic mass is 35.5. The Morgan fingerprint density at radius 1 is 1.41 bits per heavy atom. The van der Waals surface area contributed by atoms with Crippen LogP contribution in [0.25, 0.3) is 0 Å². The lowest BCUT2D eigenvalue weighted by Gasteiger charge is -2.31. The molecule has 0 radical (unpaired) electrons. The fourth-order valence-corrected chi connectivity index (χ4v) is 2.20. The van der Waals surface area contributed by atoms with Gasteiger partial charge < -0.3 is 15.0 Å². The number of hydrogen-bond donors (Lipinski definition) is 1. The summed E-state index contributed by atoms with van der Waals surface area (Å²) in [5.41, 5.74) is 0. The lowest BCUT2D eigenvalue weighted by molar-refractivity contribution is -0.141. The zero-order chi connectivity index (χ0) is 11.8. The smallest absolute Gasteiger partial charge is 0.306 e. The number of carbonyl (C=O) groups excluding carboxylic acids is 1. The van der Waals surface area contributed by atoms with E-state index in [1.807, 2.05) is 7.05 Å². The van der Waals surface area contributed by atoms with E-state index >= 15 is 0 Å². The minimum atomic E-state index is -0.0997. The summed E-state index contributed by atoms with van der Waals surface area (Å²) in [6, 6.07) is 0. The number of esters is 1. The minimum absolute atomic E-state index is 0. The molecule has 1 aliphatic heterocycles. The van der Waals surface area contributed by atoms with Crippen LogP contribution in [0, 0.1) is 5.92 Å². The van der Waals surface area contributed by atoms with Gasteiger partial charge in [-0.05, 0) is 51.9 Å². The molecule has 0 bridgehead atoms. The number of nitrogens with one attached hydrogen (secondary N) is 1. The predicted octanol–water partition coefficient (Wildman–Crippen LogP) is 1.29. The van der Waals surface area contributed by atoms with E-state index < -0.39 is 0 Å². The molecule has 102 valence electrons. The number of likely N-dealkylation sites (tertiary alicyclic amines) is 1. The van der Waals surface area contributed by atoms with Gasteiger partial charge in [0.15, 0.2) is 0 Å². The summed E-state index contributed by atoms with van der Waals surface area (Å²) < 4.78 is 4.64. The van der Waals surface area contributed by atoms with Crippen LogP contribution in [0.5, 0.6) is 0 Å². The number of carbonyl (C=O) groups is 1. The fourth-order valence-electron chi connectivity index (χ4n) is 2.20. The molecule has 0 atom stereocenters. The largest absolute Gasteiger partial charge is 0.469 e. The number of rotatable bonds is 6. The summed E-state index contributed by atoms with van der Waals surface area (Å²) >= 11 is 0. The highest BCUT2D eigenvalue weighted by Gasteiger charge is 2.18. The average Bonchev–Trinajstić information content (AvgIpc) is 2.34. The maximum Gasteiger partial charge on any atom is 0.306 e. The van der Waals surface area contributed by atoms with Gasteiger partial charge >= 0.3 is 5.97 Å². The van der Waals surface area contributed by atoms with Gasteiger partial charge in [-0.2, -0.15) is 0 Å². The third kappa shape index (κ3) is 6.86. The molecule has 5 heteroatoms. The van der Waals surface area contributed by atoms with E-state index in [0.717, 1.165) is 32.1 Å². The summed E-state index contributed by atoms with van der Waals surface area (Å²) in [6.45, 7) is 4.23. The number of halogens is 1. The molecule has 0 unspecified atom stereocenters. The lowest BCUT2D eigenvalue weighted by Crippen LogP contribution is -2.35. The molecule has 0 aromatic carbocycles. The third-order valence-electron chi connectivity index (χ3n) is 3.37. The second-order valence-corrected chi connectivity index (χ2v) is 4.50. The van der Waals surface area contributed by atoms with Gasteiger partial charge in [0.1, 0.15) is 0 Å². The standard InChI is InChI=1S/C12H24N2O2.ClH/c1-13-7-3-11-4-8-14(9-5-11)10-6-12(15)16-2;/h11,13H,3-10H2,1-2H3;1H. The molecule has 1 rings (SSSR count). The Morgan fingerprint density at radius 2 is 2.06 bits per heavy atom. The van der Waals surface area contributed by atoms with Gasteiger partial charge in [-0.1, -0.05) is 0 Å². The molecular weight excluding hydrogens is 240 g/mol. The molecule has 1 fully saturated rings. The molecular formula is C12H25ClN2O2. The van der Waals surface area contributed by atoms with Crippen molar-refractivity contribution in [3.63, 3.8) is 0 Å². The van der Waals surface area contributed by atoms with Gasteiger partial charge in [0.2, 0.25) is 0 Å². The molecule has 4 nitrogen and oxygen atoms in total. The van der Waals surface area contributed by atoms with Gasteiger partial charge in [-0.25, -0.2) is 0 Å². The van der Waals surface area contributed by atoms with Crippen LogP contribution in [0.3, 0.4) is 0 Å². The molecule has 1 N–H and O–H groups in total. The maximum absolute atomic E-state index is 11.0. The first-order chi connectivity index (χ1) is 7.76. The zero-order valence-corrected chi connectivity index (χ0v) is 11.7. The average molecular weight is 265 g/mol. The lowest BCUT2D eigenvalue weighted by atomic mass is 9.93. The van der Waals surface area contributed by atoms with Gasteiger partial charge in [0.25, 0.3) is 0 Å². The van der Waals surface area contributed by atoms with Crippen molar-refractivity contribution in [3.8, 4) is 0 Å². The Kier molecular flexibility index (Phi) is 9.50. The summed E-state index contributed by atoms with van der Waals surface area (Å²) in [5.74, 6) is 0.763. The van der Waals surface area contributed by atoms with Crippen molar-refractivity contribution >= 4 is 18.4 Å². The molecule has 17 heavy (non-hydrogen) atoms. The van der Waals surface area contributed by atoms with E-state index in [2.05, 4.69) is 15.0 Å². The van der Waals surface area contributed by atoms with Crippen LogP contribution in [0.4, 0.5) is 0 Å². The maximum atomic E-state index is 11.0. The van der Waals surface area contributed by atoms with Crippen molar-refractivity contribution in [2.75, 3.05) is 40.3 Å². The normalized spacial score (nSPS) is 17.5. The highest BCUT2D eigenvalue weighted by Crippen LogP contribution is 2.19. The Hall–Kier alpha value is -0.320. The van der Waals surface area contributed by atoms with Crippen LogP contribution in [0.15, 0.2) is 0 Å². The number of ether oxygens (including phenoxy) is 1. The number of piperidine rings is 1. The van der Waals surface area contributed by atoms with E-state index in [0.29, 0.717) is 6.42 Å². The summed E-state index contributed by atoms with van der Waals surface area (Å²) in [5, 5.41) is 3.20. The van der Waals surface area contributed by atoms with Crippen molar-refractivity contribution in [2.45, 2.75) is 25.7 Å². The van der Waals surface area contributed by atoms with Crippen LogP contribution >= 0.6 is 12.4 Å². The quantitative estimate of drug-likeness (QED) is 0.734. The highest BCUT2D eigenvalue weighted by molar-refractivity contribution is 5.85. The number of methoxy groups -OCH3 is 1. The summed E-state index contributed by atoms with van der Waals surface area (Å²) in [4.78, 5) is 13.4. The molecule has 0 aromatic heterocycles. The molecule has 0 aromatic rings. The summed E-state index contributed by atoms with van der Waals surface area (Å²) in [7, 11) is 3.46. The SMILES string of the molecule is CNCCC1CCN(CCC(=O)OC)CC1.Cl. The van der Waals surface area contributed by atoms with Gasteiger partial charge in [0, 0.05) is 6.54 Å². The fraction of sp³-hybridized carbons (Fsp3) is 0.917. The first-order valence-electron chi connectivity index (χ1n) is 6.20. The van der Waals surface area contributed by atoms with Crippen molar-refractivity contribution < 1.29 is 9.53 Å². The van der Waals surface area contributed by atoms with Gasteiger partial charge in [0.05, 0.1) is 13.5 Å². The van der Waals surface area contributed by atoms with Crippen molar-refractivity contribution in [1.82, 2.24) is 10.2 Å². The van der Waals surface area contributed by atoms with Crippen LogP contribution in [0.1, 0.15) is 25.7 Å². The van der Waals surface area contributed by atoms with Gasteiger partial charge in [-0.3, -0.25) is 4.79 Å². The Bertz CT molecular complexity index is 207. The van der Waals surface area contributed by atoms with E-state index in [1.165, 1.54) is 26.4 Å². The van der Waals surface area contributed by atoms with Crippen LogP contribution in [-0.4, -0.2) is 51.2 Å². The zero-order valence-electron chi connectivity index (χ0n) is 10.9. The van der Waals surface area contributed by atoms with E-state index in [-0.39, 0.29) is 18.4 Å². The Morgan fingerprint density at radius 3 is 2.59 bits per heavy atom. The number of hydrogen-bond acceptors (Lipinski definition) is 4. The number of nitrogens with zero attached hydrogens (tertiary/aromatic N) is 1. The van der Waals surface area contributed by atoms with Crippen molar-refractivity contribution in [3.05, 3.63) is 0 Å². The van der Waals surface area contributed by atoms with E-state index in [4.69, 9.17) is 0 Å². The first kappa shape index (κ1) is 16.7. The van der Waals surface area contributed by atoms with Crippen LogP contribution < -0.4 is 5.32 Å². The molecule has 0 saturated carbocycles. The van der Waals surface area contributed by atoms with Crippen LogP contribution in [-0.2, 0) is 9.53 Å². The molecule has 0 spiro atoms. The molecule has 0 aliphatic carbocycles. The molecule has 1 heterocycles. The monoisotopic (exact) mass is 264 g/mol. The van der Waals surface area contributed by atoms with E-state index in [9.17, 15) is 4.79 Å². The third-order valence-corrected chi connectivity index (χ3v) is 3.37.